The Hall–Kier alpha value is -0.550. The molecule has 1 N–H and O–H groups in total. The van der Waals surface area contributed by atoms with Gasteiger partial charge in [-0.3, -0.25) is 0 Å². The minimum atomic E-state index is 1.03. The molecule has 0 aromatic rings. The molecule has 0 aliphatic carbocycles. The Morgan fingerprint density at radius 3 is 2.60 bits per heavy atom. The van der Waals surface area contributed by atoms with Crippen LogP contribution in [0, 0.1) is 17.8 Å². The van der Waals surface area contributed by atoms with Gasteiger partial charge in [-0.1, -0.05) is 20.3 Å². The zero-order valence-electron chi connectivity index (χ0n) is 10.4. The van der Waals surface area contributed by atoms with Crippen LogP contribution in [0.4, 0.5) is 0 Å². The van der Waals surface area contributed by atoms with E-state index in [4.69, 9.17) is 11.8 Å². The second kappa shape index (κ2) is 9.98. The fourth-order valence-electron chi connectivity index (χ4n) is 2.45. The molecule has 1 fully saturated rings. The van der Waals surface area contributed by atoms with Gasteiger partial charge in [-0.25, -0.2) is 0 Å². The summed E-state index contributed by atoms with van der Waals surface area (Å²) in [6, 6.07) is 0. The van der Waals surface area contributed by atoms with E-state index in [9.17, 15) is 0 Å². The number of nitrogens with zero attached hydrogens (tertiary/aromatic N) is 1. The van der Waals surface area contributed by atoms with Crippen molar-refractivity contribution in [3.63, 3.8) is 0 Å². The molecule has 1 aliphatic rings. The molecule has 1 heterocycles. The maximum Gasteiger partial charge on any atom is 0.0799 e. The Morgan fingerprint density at radius 1 is 1.27 bits per heavy atom. The van der Waals surface area contributed by atoms with E-state index in [2.05, 4.69) is 13.8 Å². The summed E-state index contributed by atoms with van der Waals surface area (Å²) in [7, 11) is 0. The van der Waals surface area contributed by atoms with Crippen LogP contribution in [0.2, 0.25) is 0 Å². The van der Waals surface area contributed by atoms with Gasteiger partial charge in [0.1, 0.15) is 0 Å². The van der Waals surface area contributed by atoms with Gasteiger partial charge in [0, 0.05) is 5.92 Å². The second-order valence-corrected chi connectivity index (χ2v) is 4.58. The second-order valence-electron chi connectivity index (χ2n) is 4.58. The van der Waals surface area contributed by atoms with E-state index in [1.165, 1.54) is 58.2 Å². The molecule has 0 saturated carbocycles. The molecule has 1 rings (SSSR count). The zero-order valence-corrected chi connectivity index (χ0v) is 10.4. The maximum atomic E-state index is 6.25. The number of hydrogen-bond acceptors (Lipinski definition) is 1. The van der Waals surface area contributed by atoms with Crippen LogP contribution in [0.3, 0.4) is 0 Å². The molecule has 0 bridgehead atoms. The molecule has 2 atom stereocenters. The van der Waals surface area contributed by atoms with Gasteiger partial charge in [0.05, 0.1) is 19.6 Å². The van der Waals surface area contributed by atoms with Crippen molar-refractivity contribution >= 4 is 0 Å². The highest BCUT2D eigenvalue weighted by Gasteiger charge is 2.20. The van der Waals surface area contributed by atoms with Crippen molar-refractivity contribution in [2.45, 2.75) is 52.4 Å². The van der Waals surface area contributed by atoms with Crippen molar-refractivity contribution in [2.24, 2.45) is 5.92 Å². The van der Waals surface area contributed by atoms with Gasteiger partial charge in [0.25, 0.3) is 0 Å². The van der Waals surface area contributed by atoms with E-state index < -0.39 is 0 Å². The van der Waals surface area contributed by atoms with Crippen LogP contribution in [-0.2, 0) is 0 Å². The van der Waals surface area contributed by atoms with E-state index in [0.717, 1.165) is 5.92 Å². The monoisotopic (exact) mass is 210 g/mol. The Kier molecular flexibility index (Phi) is 9.62. The average Bonchev–Trinajstić information content (AvgIpc) is 2.32. The Labute approximate surface area is 95.3 Å². The topological polar surface area (TPSA) is 28.2 Å². The lowest BCUT2D eigenvalue weighted by molar-refractivity contribution is -0.909. The maximum absolute atomic E-state index is 6.25. The molecule has 1 saturated heterocycles. The number of likely N-dealkylation sites (tertiary alicyclic amines) is 1. The molecule has 88 valence electrons. The molecule has 15 heavy (non-hydrogen) atoms. The molecule has 2 nitrogen and oxygen atoms in total. The van der Waals surface area contributed by atoms with Gasteiger partial charge < -0.3 is 16.7 Å². The largest absolute Gasteiger partial charge is 0.512 e. The third-order valence-corrected chi connectivity index (χ3v) is 3.43. The van der Waals surface area contributed by atoms with Crippen LogP contribution in [0.25, 0.3) is 0 Å². The molecular weight excluding hydrogens is 184 g/mol. The Morgan fingerprint density at radius 2 is 2.00 bits per heavy atom. The van der Waals surface area contributed by atoms with Crippen LogP contribution < -0.4 is 4.90 Å². The minimum absolute atomic E-state index is 1.03. The summed E-state index contributed by atoms with van der Waals surface area (Å²) in [5.74, 6) is 1.03. The fourth-order valence-corrected chi connectivity index (χ4v) is 2.45. The minimum Gasteiger partial charge on any atom is -0.512 e. The molecule has 0 spiro atoms. The van der Waals surface area contributed by atoms with Crippen LogP contribution >= 0.6 is 0 Å². The third-order valence-electron chi connectivity index (χ3n) is 3.43. The van der Waals surface area contributed by atoms with Gasteiger partial charge in [0.15, 0.2) is 0 Å². The third kappa shape index (κ3) is 6.52. The lowest BCUT2D eigenvalue weighted by atomic mass is 9.95. The van der Waals surface area contributed by atoms with Gasteiger partial charge in [-0.2, -0.15) is 0 Å². The lowest BCUT2D eigenvalue weighted by Crippen LogP contribution is -3.13. The standard InChI is InChI=1S/C12H25N.CN/c1-3-5-6-9-13-10-7-8-12(4-2)11-13;1-2/h12H,3-11H2,1-2H3;/q;-1/p+1. The number of piperidine rings is 1. The smallest absolute Gasteiger partial charge is 0.0799 e. The first-order chi connectivity index (χ1) is 7.36. The first kappa shape index (κ1) is 14.5. The quantitative estimate of drug-likeness (QED) is 0.545. The number of unbranched alkanes of at least 4 members (excludes halogenated alkanes) is 2. The van der Waals surface area contributed by atoms with Gasteiger partial charge >= 0.3 is 0 Å². The highest BCUT2D eigenvalue weighted by Crippen LogP contribution is 2.10. The van der Waals surface area contributed by atoms with Crippen LogP contribution in [0.15, 0.2) is 0 Å². The molecule has 1 aliphatic heterocycles. The number of hydrogen-bond donors (Lipinski definition) is 1. The highest BCUT2D eigenvalue weighted by atomic mass is 15.1. The first-order valence-electron chi connectivity index (χ1n) is 6.42. The summed E-state index contributed by atoms with van der Waals surface area (Å²) in [4.78, 5) is 1.88. The molecule has 0 radical (unpaired) electrons. The van der Waals surface area contributed by atoms with E-state index >= 15 is 0 Å². The lowest BCUT2D eigenvalue weighted by Gasteiger charge is -2.29. The predicted octanol–water partition coefficient (Wildman–Crippen LogP) is 1.98. The van der Waals surface area contributed by atoms with E-state index in [1.54, 1.807) is 0 Å². The van der Waals surface area contributed by atoms with Crippen molar-refractivity contribution in [3.8, 4) is 0 Å². The Balaban J connectivity index is 0.000000921. The fraction of sp³-hybridized carbons (Fsp3) is 0.923. The van der Waals surface area contributed by atoms with Gasteiger partial charge in [-0.05, 0) is 32.1 Å². The average molecular weight is 210 g/mol. The summed E-state index contributed by atoms with van der Waals surface area (Å²) >= 11 is 0. The highest BCUT2D eigenvalue weighted by molar-refractivity contribution is 4.59. The zero-order chi connectivity index (χ0) is 11.5. The van der Waals surface area contributed by atoms with Crippen LogP contribution in [0.5, 0.6) is 0 Å². The van der Waals surface area contributed by atoms with Gasteiger partial charge in [-0.15, -0.1) is 0 Å². The number of rotatable bonds is 5. The van der Waals surface area contributed by atoms with E-state index in [-0.39, 0.29) is 0 Å². The molecule has 2 heteroatoms. The van der Waals surface area contributed by atoms with Crippen molar-refractivity contribution in [1.82, 2.24) is 0 Å². The normalized spacial score (nSPS) is 25.3. The molecular formula is C13H26N2. The van der Waals surface area contributed by atoms with Crippen LogP contribution in [0.1, 0.15) is 52.4 Å². The predicted molar refractivity (Wildman–Crippen MR) is 63.1 cm³/mol. The van der Waals surface area contributed by atoms with Gasteiger partial charge in [0.2, 0.25) is 0 Å². The summed E-state index contributed by atoms with van der Waals surface area (Å²) in [6.07, 6.45) is 8.61. The molecule has 0 aromatic heterocycles. The van der Waals surface area contributed by atoms with E-state index in [0.29, 0.717) is 0 Å². The summed E-state index contributed by atoms with van der Waals surface area (Å²) in [5, 5.41) is 6.25. The van der Waals surface area contributed by atoms with Crippen molar-refractivity contribution in [3.05, 3.63) is 6.57 Å². The summed E-state index contributed by atoms with van der Waals surface area (Å²) in [6.45, 7) is 13.7. The Bertz CT molecular complexity index is 154. The van der Waals surface area contributed by atoms with E-state index in [1.807, 2.05) is 4.90 Å². The van der Waals surface area contributed by atoms with Crippen molar-refractivity contribution < 1.29 is 4.90 Å². The number of nitrogens with one attached hydrogen (secondary N) is 1. The summed E-state index contributed by atoms with van der Waals surface area (Å²) < 4.78 is 0. The molecule has 0 aromatic carbocycles. The SMILES string of the molecule is CCCCC[NH+]1CCCC(CC)C1.[C-]#N. The van der Waals surface area contributed by atoms with Crippen LogP contribution in [-0.4, -0.2) is 19.6 Å². The first-order valence-corrected chi connectivity index (χ1v) is 6.42. The van der Waals surface area contributed by atoms with Crippen molar-refractivity contribution in [2.75, 3.05) is 19.6 Å². The van der Waals surface area contributed by atoms with Crippen molar-refractivity contribution in [1.29, 1.82) is 5.26 Å². The molecule has 2 unspecified atom stereocenters. The molecule has 0 amide bonds. The summed E-state index contributed by atoms with van der Waals surface area (Å²) in [5.41, 5.74) is 0. The number of quaternary nitrogens is 1.